The molecule has 3 nitrogen and oxygen atoms in total. The van der Waals surface area contributed by atoms with Gasteiger partial charge in [-0.2, -0.15) is 0 Å². The van der Waals surface area contributed by atoms with Gasteiger partial charge < -0.3 is 0 Å². The van der Waals surface area contributed by atoms with Gasteiger partial charge in [0.15, 0.2) is 0 Å². The van der Waals surface area contributed by atoms with E-state index in [9.17, 15) is 0 Å². The van der Waals surface area contributed by atoms with Crippen LogP contribution in [0.1, 0.15) is 0 Å². The molecule has 0 radical (unpaired) electrons. The van der Waals surface area contributed by atoms with Crippen molar-refractivity contribution in [1.82, 2.24) is 14.4 Å². The van der Waals surface area contributed by atoms with Crippen LogP contribution >= 0.6 is 11.3 Å². The molecule has 2 heterocycles. The number of hydrogen-bond acceptors (Lipinski definition) is 3. The van der Waals surface area contributed by atoms with E-state index < -0.39 is 0 Å². The van der Waals surface area contributed by atoms with Crippen LogP contribution in [0.15, 0.2) is 41.9 Å². The van der Waals surface area contributed by atoms with E-state index in [2.05, 4.69) is 25.5 Å². The molecule has 0 N–H and O–H groups in total. The van der Waals surface area contributed by atoms with Gasteiger partial charge in [0.1, 0.15) is 0 Å². The molecule has 0 bridgehead atoms. The van der Waals surface area contributed by atoms with Gasteiger partial charge in [0.05, 0.1) is 0 Å². The molecule has 3 rings (SSSR count). The van der Waals surface area contributed by atoms with Gasteiger partial charge in [-0.1, -0.05) is 0 Å². The molecule has 0 aliphatic carbocycles. The first-order chi connectivity index (χ1) is 7.84. The number of fused-ring (bicyclic) bond motifs is 1. The summed E-state index contributed by atoms with van der Waals surface area (Å²) in [5, 5.41) is 2.00. The van der Waals surface area contributed by atoms with Gasteiger partial charge >= 0.3 is 104 Å². The molecule has 3 aromatic rings. The fourth-order valence-electron chi connectivity index (χ4n) is 1.47. The van der Waals surface area contributed by atoms with Crippen LogP contribution in [0.4, 0.5) is 0 Å². The first kappa shape index (κ1) is 9.90. The van der Waals surface area contributed by atoms with Crippen LogP contribution in [0.3, 0.4) is 0 Å². The van der Waals surface area contributed by atoms with E-state index in [1.807, 2.05) is 46.3 Å². The summed E-state index contributed by atoms with van der Waals surface area (Å²) >= 11 is 4.56. The van der Waals surface area contributed by atoms with Crippen molar-refractivity contribution < 1.29 is 0 Å². The summed E-state index contributed by atoms with van der Waals surface area (Å²) in [4.78, 5) is 9.91. The third-order valence-corrected chi connectivity index (χ3v) is 3.59. The Labute approximate surface area is 104 Å². The normalized spacial score (nSPS) is 10.8. The van der Waals surface area contributed by atoms with E-state index in [1.165, 1.54) is 0 Å². The van der Waals surface area contributed by atoms with Gasteiger partial charge in [-0.05, 0) is 0 Å². The average Bonchev–Trinajstić information content (AvgIpc) is 2.79. The summed E-state index contributed by atoms with van der Waals surface area (Å²) in [6, 6.07) is 9.99. The Hall–Kier alpha value is -1.29. The molecule has 0 amide bonds. The van der Waals surface area contributed by atoms with Crippen molar-refractivity contribution in [2.75, 3.05) is 0 Å². The van der Waals surface area contributed by atoms with E-state index in [-0.39, 0.29) is 0 Å². The van der Waals surface area contributed by atoms with Crippen LogP contribution in [0.5, 0.6) is 0 Å². The fraction of sp³-hybridized carbons (Fsp3) is 0. The molecule has 0 saturated heterocycles. The molecule has 0 unspecified atom stereocenters. The molecule has 0 fully saturated rings. The Morgan fingerprint density at radius 2 is 1.94 bits per heavy atom. The van der Waals surface area contributed by atoms with Crippen molar-refractivity contribution in [3.8, 4) is 11.4 Å². The molecule has 2 aromatic heterocycles. The van der Waals surface area contributed by atoms with Crippen molar-refractivity contribution in [3.63, 3.8) is 0 Å². The summed E-state index contributed by atoms with van der Waals surface area (Å²) < 4.78 is 2.78. The second-order valence-corrected chi connectivity index (χ2v) is 4.89. The molecular weight excluding hydrogens is 285 g/mol. The van der Waals surface area contributed by atoms with E-state index in [1.54, 1.807) is 11.3 Å². The van der Waals surface area contributed by atoms with Gasteiger partial charge in [0.2, 0.25) is 0 Å². The summed E-state index contributed by atoms with van der Waals surface area (Å²) in [6.07, 6.45) is 1.96. The molecule has 16 heavy (non-hydrogen) atoms. The first-order valence-corrected chi connectivity index (χ1v) is 6.47. The van der Waals surface area contributed by atoms with Gasteiger partial charge in [-0.25, -0.2) is 0 Å². The number of benzene rings is 1. The Bertz CT molecular complexity index is 687. The maximum absolute atomic E-state index is 4.52. The molecule has 0 saturated carbocycles. The van der Waals surface area contributed by atoms with Crippen molar-refractivity contribution in [3.05, 3.63) is 46.2 Å². The number of aromatic nitrogens is 3. The van der Waals surface area contributed by atoms with E-state index in [4.69, 9.17) is 0 Å². The van der Waals surface area contributed by atoms with E-state index in [0.29, 0.717) is 0 Å². The Morgan fingerprint density at radius 1 is 1.12 bits per heavy atom. The van der Waals surface area contributed by atoms with Gasteiger partial charge in [-0.3, -0.25) is 0 Å². The van der Waals surface area contributed by atoms with Crippen molar-refractivity contribution in [2.45, 2.75) is 0 Å². The summed E-state index contributed by atoms with van der Waals surface area (Å²) in [5.41, 5.74) is 1.04. The number of rotatable bonds is 1. The molecule has 0 aliphatic heterocycles. The van der Waals surface area contributed by atoms with E-state index >= 15 is 0 Å². The molecule has 78 valence electrons. The second-order valence-electron chi connectivity index (χ2n) is 3.25. The molecule has 1 aromatic carbocycles. The Kier molecular flexibility index (Phi) is 2.44. The first-order valence-electron chi connectivity index (χ1n) is 4.74. The van der Waals surface area contributed by atoms with Crippen LogP contribution < -0.4 is 0 Å². The van der Waals surface area contributed by atoms with Crippen molar-refractivity contribution >= 4 is 31.9 Å². The van der Waals surface area contributed by atoms with Crippen LogP contribution in [-0.2, 0) is 0 Å². The predicted octanol–water partition coefficient (Wildman–Crippen LogP) is 2.16. The molecule has 0 spiro atoms. The van der Waals surface area contributed by atoms with Crippen molar-refractivity contribution in [2.24, 2.45) is 0 Å². The summed E-state index contributed by atoms with van der Waals surface area (Å²) in [5.74, 6) is 0.761. The Balaban J connectivity index is 2.30. The van der Waals surface area contributed by atoms with Gasteiger partial charge in [0, 0.05) is 0 Å². The zero-order valence-corrected chi connectivity index (χ0v) is 10.7. The van der Waals surface area contributed by atoms with Crippen LogP contribution in [0.25, 0.3) is 16.3 Å². The quantitative estimate of drug-likeness (QED) is 0.643. The summed E-state index contributed by atoms with van der Waals surface area (Å²) in [7, 11) is 0. The van der Waals surface area contributed by atoms with Crippen molar-refractivity contribution in [1.29, 1.82) is 0 Å². The standard InChI is InChI=1S/C11H7N3SSe/c16-11-13-9(8-4-2-1-3-5-8)12-10-14(11)6-7-15-10/h1-7H. The number of nitrogens with zero attached hydrogens (tertiary/aromatic N) is 3. The van der Waals surface area contributed by atoms with Gasteiger partial charge in [-0.15, -0.1) is 0 Å². The minimum absolute atomic E-state index is 0.761. The van der Waals surface area contributed by atoms with Crippen LogP contribution in [-0.4, -0.2) is 29.9 Å². The topological polar surface area (TPSA) is 30.2 Å². The third kappa shape index (κ3) is 1.63. The predicted molar refractivity (Wildman–Crippen MR) is 65.3 cm³/mol. The number of hydrogen-bond donors (Lipinski definition) is 0. The third-order valence-electron chi connectivity index (χ3n) is 2.23. The Morgan fingerprint density at radius 3 is 2.75 bits per heavy atom. The number of thiazole rings is 1. The maximum atomic E-state index is 4.52. The second kappa shape index (κ2) is 3.94. The SMILES string of the molecule is [Se]=c1nc(-c2ccccc2)nc2sccn12. The van der Waals surface area contributed by atoms with E-state index in [0.717, 1.165) is 20.7 Å². The average molecular weight is 292 g/mol. The van der Waals surface area contributed by atoms with Gasteiger partial charge in [0.25, 0.3) is 0 Å². The minimum atomic E-state index is 0.761. The molecule has 5 heteroatoms. The van der Waals surface area contributed by atoms with Crippen LogP contribution in [0.2, 0.25) is 0 Å². The zero-order chi connectivity index (χ0) is 11.0. The zero-order valence-electron chi connectivity index (χ0n) is 8.20. The molecular formula is C11H7N3SSe. The summed E-state index contributed by atoms with van der Waals surface area (Å²) in [6.45, 7) is 0. The molecule has 0 aliphatic rings. The van der Waals surface area contributed by atoms with Crippen LogP contribution in [0, 0.1) is 4.32 Å². The monoisotopic (exact) mass is 293 g/mol. The molecule has 0 atom stereocenters. The fourth-order valence-corrected chi connectivity index (χ4v) is 2.80.